The second kappa shape index (κ2) is 6.82. The molecule has 1 aromatic carbocycles. The maximum Gasteiger partial charge on any atom is 0.224 e. The van der Waals surface area contributed by atoms with E-state index >= 15 is 0 Å². The zero-order valence-corrected chi connectivity index (χ0v) is 12.6. The van der Waals surface area contributed by atoms with Crippen molar-refractivity contribution in [1.82, 2.24) is 0 Å². The SMILES string of the molecule is O=C(CCCc1cccs1)Nc1ccc(Br)c(F)c1. The molecule has 19 heavy (non-hydrogen) atoms. The second-order valence-corrected chi connectivity index (χ2v) is 6.00. The molecule has 1 N–H and O–H groups in total. The van der Waals surface area contributed by atoms with Crippen molar-refractivity contribution in [2.75, 3.05) is 5.32 Å². The molecule has 1 heterocycles. The molecule has 0 saturated heterocycles. The van der Waals surface area contributed by atoms with E-state index in [2.05, 4.69) is 27.3 Å². The molecule has 0 aliphatic carbocycles. The molecule has 0 bridgehead atoms. The third kappa shape index (κ3) is 4.44. The number of hydrogen-bond acceptors (Lipinski definition) is 2. The van der Waals surface area contributed by atoms with Crippen LogP contribution < -0.4 is 5.32 Å². The molecule has 0 atom stereocenters. The van der Waals surface area contributed by atoms with Gasteiger partial charge in [0.25, 0.3) is 0 Å². The Balaban J connectivity index is 1.79. The van der Waals surface area contributed by atoms with Gasteiger partial charge in [-0.1, -0.05) is 6.07 Å². The molecule has 0 aliphatic heterocycles. The zero-order valence-electron chi connectivity index (χ0n) is 10.2. The molecule has 0 radical (unpaired) electrons. The molecule has 0 saturated carbocycles. The number of carbonyl (C=O) groups excluding carboxylic acids is 1. The van der Waals surface area contributed by atoms with Crippen molar-refractivity contribution in [3.05, 3.63) is 50.9 Å². The third-order valence-corrected chi connectivity index (χ3v) is 4.19. The van der Waals surface area contributed by atoms with Crippen molar-refractivity contribution in [1.29, 1.82) is 0 Å². The van der Waals surface area contributed by atoms with Gasteiger partial charge in [0.05, 0.1) is 4.47 Å². The van der Waals surface area contributed by atoms with Crippen molar-refractivity contribution < 1.29 is 9.18 Å². The topological polar surface area (TPSA) is 29.1 Å². The van der Waals surface area contributed by atoms with E-state index in [0.717, 1.165) is 12.8 Å². The minimum absolute atomic E-state index is 0.0849. The van der Waals surface area contributed by atoms with E-state index in [9.17, 15) is 9.18 Å². The van der Waals surface area contributed by atoms with Gasteiger partial charge >= 0.3 is 0 Å². The summed E-state index contributed by atoms with van der Waals surface area (Å²) in [4.78, 5) is 13.0. The van der Waals surface area contributed by atoms with E-state index in [4.69, 9.17) is 0 Å². The van der Waals surface area contributed by atoms with E-state index in [0.29, 0.717) is 16.6 Å². The molecule has 0 spiro atoms. The van der Waals surface area contributed by atoms with Gasteiger partial charge in [0, 0.05) is 17.0 Å². The fourth-order valence-corrected chi connectivity index (χ4v) is 2.67. The number of halogens is 2. The Labute approximate surface area is 123 Å². The van der Waals surface area contributed by atoms with Crippen LogP contribution in [-0.4, -0.2) is 5.91 Å². The molecule has 1 aromatic heterocycles. The molecular weight excluding hydrogens is 329 g/mol. The van der Waals surface area contributed by atoms with Crippen LogP contribution in [0.5, 0.6) is 0 Å². The highest BCUT2D eigenvalue weighted by Crippen LogP contribution is 2.19. The number of thiophene rings is 1. The fourth-order valence-electron chi connectivity index (χ4n) is 1.68. The van der Waals surface area contributed by atoms with E-state index in [-0.39, 0.29) is 11.7 Å². The largest absolute Gasteiger partial charge is 0.326 e. The van der Waals surface area contributed by atoms with Gasteiger partial charge in [0.2, 0.25) is 5.91 Å². The number of anilines is 1. The lowest BCUT2D eigenvalue weighted by molar-refractivity contribution is -0.116. The lowest BCUT2D eigenvalue weighted by Crippen LogP contribution is -2.11. The molecule has 5 heteroatoms. The van der Waals surface area contributed by atoms with Crippen LogP contribution in [0.25, 0.3) is 0 Å². The maximum atomic E-state index is 13.3. The van der Waals surface area contributed by atoms with Crippen LogP contribution in [0, 0.1) is 5.82 Å². The van der Waals surface area contributed by atoms with Crippen LogP contribution in [0.4, 0.5) is 10.1 Å². The van der Waals surface area contributed by atoms with Crippen LogP contribution in [0.3, 0.4) is 0 Å². The molecule has 1 amide bonds. The van der Waals surface area contributed by atoms with Gasteiger partial charge in [-0.2, -0.15) is 0 Å². The molecule has 0 fully saturated rings. The number of nitrogens with one attached hydrogen (secondary N) is 1. The molecule has 2 rings (SSSR count). The number of rotatable bonds is 5. The fraction of sp³-hybridized carbons (Fsp3) is 0.214. The smallest absolute Gasteiger partial charge is 0.224 e. The first-order valence-electron chi connectivity index (χ1n) is 5.92. The maximum absolute atomic E-state index is 13.3. The standard InChI is InChI=1S/C14H13BrFNOS/c15-12-7-6-10(9-13(12)16)17-14(18)5-1-3-11-4-2-8-19-11/h2,4,6-9H,1,3,5H2,(H,17,18). The average Bonchev–Trinajstić information content (AvgIpc) is 2.87. The lowest BCUT2D eigenvalue weighted by Gasteiger charge is -2.05. The number of amides is 1. The van der Waals surface area contributed by atoms with Gasteiger partial charge in [0.15, 0.2) is 0 Å². The summed E-state index contributed by atoms with van der Waals surface area (Å²) in [6.07, 6.45) is 2.14. The summed E-state index contributed by atoms with van der Waals surface area (Å²) >= 11 is 4.77. The van der Waals surface area contributed by atoms with E-state index in [1.165, 1.54) is 10.9 Å². The number of benzene rings is 1. The van der Waals surface area contributed by atoms with Crippen molar-refractivity contribution in [2.45, 2.75) is 19.3 Å². The average molecular weight is 342 g/mol. The molecule has 2 aromatic rings. The van der Waals surface area contributed by atoms with Crippen LogP contribution >= 0.6 is 27.3 Å². The predicted octanol–water partition coefficient (Wildman–Crippen LogP) is 4.61. The molecular formula is C14H13BrFNOS. The summed E-state index contributed by atoms with van der Waals surface area (Å²) in [5.41, 5.74) is 0.488. The van der Waals surface area contributed by atoms with Crippen LogP contribution in [0.1, 0.15) is 17.7 Å². The Kier molecular flexibility index (Phi) is 5.10. The van der Waals surface area contributed by atoms with Gasteiger partial charge in [0.1, 0.15) is 5.82 Å². The predicted molar refractivity (Wildman–Crippen MR) is 80.0 cm³/mol. The third-order valence-electron chi connectivity index (χ3n) is 2.61. The number of hydrogen-bond donors (Lipinski definition) is 1. The van der Waals surface area contributed by atoms with Crippen molar-refractivity contribution in [3.8, 4) is 0 Å². The van der Waals surface area contributed by atoms with Crippen molar-refractivity contribution >= 4 is 38.9 Å². The Morgan fingerprint density at radius 3 is 2.89 bits per heavy atom. The van der Waals surface area contributed by atoms with Crippen molar-refractivity contribution in [2.24, 2.45) is 0 Å². The van der Waals surface area contributed by atoms with Gasteiger partial charge in [-0.15, -0.1) is 11.3 Å². The quantitative estimate of drug-likeness (QED) is 0.845. The highest BCUT2D eigenvalue weighted by atomic mass is 79.9. The monoisotopic (exact) mass is 341 g/mol. The Bertz CT molecular complexity index is 557. The zero-order chi connectivity index (χ0) is 13.7. The van der Waals surface area contributed by atoms with Gasteiger partial charge in [-0.05, 0) is 58.4 Å². The van der Waals surface area contributed by atoms with Crippen LogP contribution in [-0.2, 0) is 11.2 Å². The first-order chi connectivity index (χ1) is 9.15. The van der Waals surface area contributed by atoms with Crippen molar-refractivity contribution in [3.63, 3.8) is 0 Å². The Hall–Kier alpha value is -1.20. The summed E-state index contributed by atoms with van der Waals surface area (Å²) < 4.78 is 13.7. The highest BCUT2D eigenvalue weighted by Gasteiger charge is 2.05. The summed E-state index contributed by atoms with van der Waals surface area (Å²) in [5, 5.41) is 4.72. The summed E-state index contributed by atoms with van der Waals surface area (Å²) in [6, 6.07) is 8.62. The van der Waals surface area contributed by atoms with E-state index in [1.807, 2.05) is 11.4 Å². The highest BCUT2D eigenvalue weighted by molar-refractivity contribution is 9.10. The molecule has 2 nitrogen and oxygen atoms in total. The number of carbonyl (C=O) groups is 1. The Morgan fingerprint density at radius 2 is 2.21 bits per heavy atom. The van der Waals surface area contributed by atoms with Crippen LogP contribution in [0.15, 0.2) is 40.2 Å². The molecule has 0 unspecified atom stereocenters. The lowest BCUT2D eigenvalue weighted by atomic mass is 10.2. The minimum atomic E-state index is -0.378. The first kappa shape index (κ1) is 14.2. The summed E-state index contributed by atoms with van der Waals surface area (Å²) in [5.74, 6) is -0.463. The number of aryl methyl sites for hydroxylation is 1. The van der Waals surface area contributed by atoms with Gasteiger partial charge in [-0.3, -0.25) is 4.79 Å². The van der Waals surface area contributed by atoms with E-state index in [1.54, 1.807) is 23.5 Å². The minimum Gasteiger partial charge on any atom is -0.326 e. The van der Waals surface area contributed by atoms with Gasteiger partial charge in [-0.25, -0.2) is 4.39 Å². The van der Waals surface area contributed by atoms with E-state index < -0.39 is 0 Å². The first-order valence-corrected chi connectivity index (χ1v) is 7.60. The molecule has 100 valence electrons. The Morgan fingerprint density at radius 1 is 1.37 bits per heavy atom. The van der Waals surface area contributed by atoms with Crippen LogP contribution in [0.2, 0.25) is 0 Å². The van der Waals surface area contributed by atoms with Gasteiger partial charge < -0.3 is 5.32 Å². The summed E-state index contributed by atoms with van der Waals surface area (Å²) in [6.45, 7) is 0. The second-order valence-electron chi connectivity index (χ2n) is 4.11. The normalized spacial score (nSPS) is 10.4. The molecule has 0 aliphatic rings. The summed E-state index contributed by atoms with van der Waals surface area (Å²) in [7, 11) is 0.